The van der Waals surface area contributed by atoms with Crippen molar-refractivity contribution in [3.63, 3.8) is 0 Å². The first-order valence-corrected chi connectivity index (χ1v) is 11.5. The van der Waals surface area contributed by atoms with Gasteiger partial charge in [-0.3, -0.25) is 4.79 Å². The molecule has 4 rings (SSSR count). The van der Waals surface area contributed by atoms with Gasteiger partial charge in [0, 0.05) is 11.4 Å². The van der Waals surface area contributed by atoms with E-state index in [4.69, 9.17) is 4.42 Å². The highest BCUT2D eigenvalue weighted by Crippen LogP contribution is 2.28. The Balaban J connectivity index is 1.37. The van der Waals surface area contributed by atoms with E-state index in [2.05, 4.69) is 35.3 Å². The molecule has 0 saturated heterocycles. The van der Waals surface area contributed by atoms with Crippen molar-refractivity contribution in [2.45, 2.75) is 44.0 Å². The molecule has 0 bridgehead atoms. The van der Waals surface area contributed by atoms with Crippen LogP contribution < -0.4 is 0 Å². The van der Waals surface area contributed by atoms with Crippen LogP contribution in [0.4, 0.5) is 0 Å². The first kappa shape index (κ1) is 19.2. The molecule has 1 amide bonds. The first-order valence-electron chi connectivity index (χ1n) is 9.61. The summed E-state index contributed by atoms with van der Waals surface area (Å²) in [6.07, 6.45) is 4.47. The molecule has 1 aliphatic carbocycles. The van der Waals surface area contributed by atoms with E-state index in [1.165, 1.54) is 28.9 Å². The lowest BCUT2D eigenvalue weighted by Gasteiger charge is -2.20. The van der Waals surface area contributed by atoms with Crippen molar-refractivity contribution < 1.29 is 9.21 Å². The fraction of sp³-hybridized carbons (Fsp3) is 0.381. The third-order valence-electron chi connectivity index (χ3n) is 4.80. The topological polar surface area (TPSA) is 59.2 Å². The number of aromatic nitrogens is 2. The summed E-state index contributed by atoms with van der Waals surface area (Å²) in [6, 6.07) is 10.5. The summed E-state index contributed by atoms with van der Waals surface area (Å²) in [6.45, 7) is 3.11. The fourth-order valence-electron chi connectivity index (χ4n) is 3.42. The highest BCUT2D eigenvalue weighted by atomic mass is 32.2. The lowest BCUT2D eigenvalue weighted by molar-refractivity contribution is -0.129. The summed E-state index contributed by atoms with van der Waals surface area (Å²) in [5.74, 6) is 1.52. The van der Waals surface area contributed by atoms with Crippen LogP contribution in [0.15, 0.2) is 45.0 Å². The molecule has 2 aromatic heterocycles. The molecule has 146 valence electrons. The van der Waals surface area contributed by atoms with Crippen LogP contribution in [-0.2, 0) is 24.2 Å². The second-order valence-electron chi connectivity index (χ2n) is 6.87. The Bertz CT molecular complexity index is 937. The summed E-state index contributed by atoms with van der Waals surface area (Å²) in [5, 5.41) is 10.2. The van der Waals surface area contributed by atoms with Crippen LogP contribution in [0, 0.1) is 0 Å². The van der Waals surface area contributed by atoms with E-state index < -0.39 is 0 Å². The molecule has 0 radical (unpaired) electrons. The Labute approximate surface area is 173 Å². The second kappa shape index (κ2) is 8.92. The first-order chi connectivity index (χ1) is 13.7. The van der Waals surface area contributed by atoms with Gasteiger partial charge < -0.3 is 9.32 Å². The minimum Gasteiger partial charge on any atom is -0.418 e. The molecule has 0 atom stereocenters. The van der Waals surface area contributed by atoms with Gasteiger partial charge in [0.25, 0.3) is 5.89 Å². The number of amides is 1. The SMILES string of the molecule is CCCN(Cc1nnc(-c2cccs2)o1)C(=O)CSc1ccc2c(c1)CCC2. The number of rotatable bonds is 8. The summed E-state index contributed by atoms with van der Waals surface area (Å²) in [4.78, 5) is 16.7. The molecule has 1 aromatic carbocycles. The Hall–Kier alpha value is -2.12. The molecule has 28 heavy (non-hydrogen) atoms. The molecule has 0 saturated carbocycles. The van der Waals surface area contributed by atoms with Gasteiger partial charge in [0.05, 0.1) is 17.2 Å². The third-order valence-corrected chi connectivity index (χ3v) is 6.64. The second-order valence-corrected chi connectivity index (χ2v) is 8.86. The molecule has 2 heterocycles. The van der Waals surface area contributed by atoms with Crippen molar-refractivity contribution >= 4 is 29.0 Å². The monoisotopic (exact) mass is 413 g/mol. The van der Waals surface area contributed by atoms with E-state index in [9.17, 15) is 4.79 Å². The molecular weight excluding hydrogens is 390 g/mol. The molecule has 0 spiro atoms. The molecule has 0 fully saturated rings. The number of carbonyl (C=O) groups excluding carboxylic acids is 1. The zero-order chi connectivity index (χ0) is 19.3. The minimum absolute atomic E-state index is 0.100. The van der Waals surface area contributed by atoms with Gasteiger partial charge in [-0.15, -0.1) is 33.3 Å². The van der Waals surface area contributed by atoms with E-state index in [0.29, 0.717) is 30.6 Å². The maximum Gasteiger partial charge on any atom is 0.257 e. The van der Waals surface area contributed by atoms with Crippen LogP contribution >= 0.6 is 23.1 Å². The third kappa shape index (κ3) is 4.47. The zero-order valence-corrected chi connectivity index (χ0v) is 17.5. The number of carbonyl (C=O) groups is 1. The minimum atomic E-state index is 0.100. The summed E-state index contributed by atoms with van der Waals surface area (Å²) < 4.78 is 5.76. The summed E-state index contributed by atoms with van der Waals surface area (Å²) in [7, 11) is 0. The number of nitrogens with zero attached hydrogens (tertiary/aromatic N) is 3. The van der Waals surface area contributed by atoms with Gasteiger partial charge in [0.2, 0.25) is 11.8 Å². The van der Waals surface area contributed by atoms with Gasteiger partial charge >= 0.3 is 0 Å². The molecule has 0 unspecified atom stereocenters. The summed E-state index contributed by atoms with van der Waals surface area (Å²) >= 11 is 3.17. The van der Waals surface area contributed by atoms with Gasteiger partial charge in [0.15, 0.2) is 0 Å². The normalized spacial score (nSPS) is 12.9. The number of fused-ring (bicyclic) bond motifs is 1. The number of thioether (sulfide) groups is 1. The molecule has 0 N–H and O–H groups in total. The molecule has 5 nitrogen and oxygen atoms in total. The highest BCUT2D eigenvalue weighted by Gasteiger charge is 2.18. The zero-order valence-electron chi connectivity index (χ0n) is 15.9. The Morgan fingerprint density at radius 2 is 2.14 bits per heavy atom. The van der Waals surface area contributed by atoms with Gasteiger partial charge in [-0.05, 0) is 60.4 Å². The average Bonchev–Trinajstić information content (AvgIpc) is 3.46. The van der Waals surface area contributed by atoms with Gasteiger partial charge in [0.1, 0.15) is 0 Å². The predicted octanol–water partition coefficient (Wildman–Crippen LogP) is 4.82. The molecular formula is C21H23N3O2S2. The Morgan fingerprint density at radius 1 is 1.25 bits per heavy atom. The van der Waals surface area contributed by atoms with Crippen LogP contribution in [0.5, 0.6) is 0 Å². The number of benzene rings is 1. The lowest BCUT2D eigenvalue weighted by Crippen LogP contribution is -2.32. The van der Waals surface area contributed by atoms with Crippen molar-refractivity contribution in [2.24, 2.45) is 0 Å². The highest BCUT2D eigenvalue weighted by molar-refractivity contribution is 8.00. The van der Waals surface area contributed by atoms with Gasteiger partial charge in [-0.25, -0.2) is 0 Å². The van der Waals surface area contributed by atoms with Crippen LogP contribution in [0.3, 0.4) is 0 Å². The van der Waals surface area contributed by atoms with Crippen molar-refractivity contribution in [1.82, 2.24) is 15.1 Å². The number of aryl methyl sites for hydroxylation is 2. The van der Waals surface area contributed by atoms with Crippen LogP contribution in [-0.4, -0.2) is 33.3 Å². The van der Waals surface area contributed by atoms with E-state index in [-0.39, 0.29) is 5.91 Å². The Kier molecular flexibility index (Phi) is 6.12. The standard InChI is InChI=1S/C21H23N3O2S2/c1-2-10-24(13-19-22-23-21(26-19)18-7-4-11-27-18)20(25)14-28-17-9-8-15-5-3-6-16(15)12-17/h4,7-9,11-12H,2-3,5-6,10,13-14H2,1H3. The molecule has 7 heteroatoms. The average molecular weight is 414 g/mol. The lowest BCUT2D eigenvalue weighted by atomic mass is 10.1. The molecule has 1 aliphatic rings. The van der Waals surface area contributed by atoms with Gasteiger partial charge in [-0.1, -0.05) is 19.1 Å². The fourth-order valence-corrected chi connectivity index (χ4v) is 4.92. The number of thiophene rings is 1. The van der Waals surface area contributed by atoms with Crippen LogP contribution in [0.2, 0.25) is 0 Å². The van der Waals surface area contributed by atoms with Crippen molar-refractivity contribution in [2.75, 3.05) is 12.3 Å². The number of hydrogen-bond donors (Lipinski definition) is 0. The Morgan fingerprint density at radius 3 is 2.96 bits per heavy atom. The largest absolute Gasteiger partial charge is 0.418 e. The quantitative estimate of drug-likeness (QED) is 0.496. The van der Waals surface area contributed by atoms with Crippen molar-refractivity contribution in [1.29, 1.82) is 0 Å². The van der Waals surface area contributed by atoms with Crippen molar-refractivity contribution in [3.05, 3.63) is 52.7 Å². The predicted molar refractivity (Wildman–Crippen MR) is 113 cm³/mol. The van der Waals surface area contributed by atoms with E-state index in [1.807, 2.05) is 22.4 Å². The molecule has 3 aromatic rings. The van der Waals surface area contributed by atoms with Gasteiger partial charge in [-0.2, -0.15) is 0 Å². The number of hydrogen-bond acceptors (Lipinski definition) is 6. The van der Waals surface area contributed by atoms with E-state index >= 15 is 0 Å². The maximum atomic E-state index is 12.8. The van der Waals surface area contributed by atoms with Crippen molar-refractivity contribution in [3.8, 4) is 10.8 Å². The smallest absolute Gasteiger partial charge is 0.257 e. The maximum absolute atomic E-state index is 12.8. The van der Waals surface area contributed by atoms with Crippen LogP contribution in [0.25, 0.3) is 10.8 Å². The summed E-state index contributed by atoms with van der Waals surface area (Å²) in [5.41, 5.74) is 2.90. The molecule has 0 aliphatic heterocycles. The van der Waals surface area contributed by atoms with E-state index in [0.717, 1.165) is 17.7 Å². The van der Waals surface area contributed by atoms with E-state index in [1.54, 1.807) is 23.1 Å². The van der Waals surface area contributed by atoms with Crippen LogP contribution in [0.1, 0.15) is 36.8 Å².